The van der Waals surface area contributed by atoms with Crippen LogP contribution in [0.3, 0.4) is 0 Å². The molecule has 0 spiro atoms. The van der Waals surface area contributed by atoms with Gasteiger partial charge in [0.1, 0.15) is 5.75 Å². The summed E-state index contributed by atoms with van der Waals surface area (Å²) in [7, 11) is 1.53. The number of ether oxygens (including phenoxy) is 1. The van der Waals surface area contributed by atoms with Crippen molar-refractivity contribution in [3.63, 3.8) is 0 Å². The molecule has 5 nitrogen and oxygen atoms in total. The Bertz CT molecular complexity index is 847. The minimum Gasteiger partial charge on any atom is -0.496 e. The van der Waals surface area contributed by atoms with Crippen LogP contribution in [0.15, 0.2) is 42.5 Å². The number of methoxy groups -OCH3 is 1. The summed E-state index contributed by atoms with van der Waals surface area (Å²) in [5.41, 5.74) is 1.53. The summed E-state index contributed by atoms with van der Waals surface area (Å²) in [6.45, 7) is 2.02. The number of carbonyl (C=O) groups excluding carboxylic acids is 2. The molecule has 0 unspecified atom stereocenters. The molecule has 2 amide bonds. The Morgan fingerprint density at radius 1 is 0.929 bits per heavy atom. The van der Waals surface area contributed by atoms with Crippen molar-refractivity contribution in [3.8, 4) is 5.75 Å². The van der Waals surface area contributed by atoms with Gasteiger partial charge in [0.25, 0.3) is 5.91 Å². The summed E-state index contributed by atoms with van der Waals surface area (Å²) in [4.78, 5) is 28.9. The highest BCUT2D eigenvalue weighted by Gasteiger charge is 2.26. The summed E-state index contributed by atoms with van der Waals surface area (Å²) in [5.74, 6) is 0.464. The van der Waals surface area contributed by atoms with E-state index in [0.29, 0.717) is 60.4 Å². The molecule has 1 aliphatic heterocycles. The van der Waals surface area contributed by atoms with Crippen LogP contribution in [0.25, 0.3) is 0 Å². The molecule has 1 aliphatic rings. The summed E-state index contributed by atoms with van der Waals surface area (Å²) >= 11 is 11.9. The fraction of sp³-hybridized carbons (Fsp3) is 0.333. The molecule has 0 aromatic heterocycles. The van der Waals surface area contributed by atoms with Crippen LogP contribution >= 0.6 is 23.2 Å². The summed E-state index contributed by atoms with van der Waals surface area (Å²) in [6.07, 6.45) is 1.12. The molecule has 0 radical (unpaired) electrons. The molecule has 0 aliphatic carbocycles. The first-order valence-corrected chi connectivity index (χ1v) is 9.88. The van der Waals surface area contributed by atoms with Crippen molar-refractivity contribution >= 4 is 35.0 Å². The zero-order valence-corrected chi connectivity index (χ0v) is 17.2. The monoisotopic (exact) mass is 420 g/mol. The number of piperazine rings is 1. The molecule has 7 heteroatoms. The molecular weight excluding hydrogens is 399 g/mol. The van der Waals surface area contributed by atoms with E-state index in [9.17, 15) is 9.59 Å². The van der Waals surface area contributed by atoms with E-state index in [1.165, 1.54) is 7.11 Å². The lowest BCUT2D eigenvalue weighted by Gasteiger charge is -2.35. The van der Waals surface area contributed by atoms with Gasteiger partial charge in [-0.3, -0.25) is 9.59 Å². The van der Waals surface area contributed by atoms with Crippen LogP contribution in [0.4, 0.5) is 0 Å². The van der Waals surface area contributed by atoms with Crippen LogP contribution in [0.2, 0.25) is 10.0 Å². The largest absolute Gasteiger partial charge is 0.496 e. The van der Waals surface area contributed by atoms with Crippen LogP contribution < -0.4 is 4.74 Å². The number of aryl methyl sites for hydroxylation is 1. The first-order chi connectivity index (χ1) is 13.5. The fourth-order valence-electron chi connectivity index (χ4n) is 3.24. The van der Waals surface area contributed by atoms with Gasteiger partial charge in [-0.1, -0.05) is 35.3 Å². The number of rotatable bonds is 5. The minimum atomic E-state index is -0.132. The van der Waals surface area contributed by atoms with Gasteiger partial charge in [0.2, 0.25) is 5.91 Å². The minimum absolute atomic E-state index is 0.0994. The molecule has 1 saturated heterocycles. The number of halogens is 2. The lowest BCUT2D eigenvalue weighted by atomic mass is 10.1. The Kier molecular flexibility index (Phi) is 6.81. The molecule has 2 aromatic rings. The van der Waals surface area contributed by atoms with Crippen molar-refractivity contribution in [1.29, 1.82) is 0 Å². The van der Waals surface area contributed by atoms with Crippen LogP contribution in [-0.4, -0.2) is 54.9 Å². The second kappa shape index (κ2) is 9.30. The van der Waals surface area contributed by atoms with Crippen molar-refractivity contribution in [2.75, 3.05) is 33.3 Å². The fourth-order valence-corrected chi connectivity index (χ4v) is 3.54. The van der Waals surface area contributed by atoms with E-state index in [2.05, 4.69) is 0 Å². The van der Waals surface area contributed by atoms with Crippen molar-refractivity contribution in [3.05, 3.63) is 63.6 Å². The number of benzene rings is 2. The van der Waals surface area contributed by atoms with Gasteiger partial charge in [-0.15, -0.1) is 0 Å². The maximum Gasteiger partial charge on any atom is 0.257 e. The van der Waals surface area contributed by atoms with Crippen LogP contribution in [0.5, 0.6) is 5.75 Å². The Morgan fingerprint density at radius 2 is 1.54 bits per heavy atom. The molecule has 0 saturated carbocycles. The number of nitrogens with zero attached hydrogens (tertiary/aromatic N) is 2. The van der Waals surface area contributed by atoms with Crippen molar-refractivity contribution in [2.24, 2.45) is 0 Å². The lowest BCUT2D eigenvalue weighted by molar-refractivity contribution is -0.132. The maximum absolute atomic E-state index is 12.8. The average Bonchev–Trinajstić information content (AvgIpc) is 2.72. The van der Waals surface area contributed by atoms with E-state index in [-0.39, 0.29) is 11.8 Å². The second-order valence-corrected chi connectivity index (χ2v) is 7.52. The van der Waals surface area contributed by atoms with E-state index in [1.54, 1.807) is 23.1 Å². The summed E-state index contributed by atoms with van der Waals surface area (Å²) in [6, 6.07) is 12.5. The lowest BCUT2D eigenvalue weighted by Crippen LogP contribution is -2.50. The number of carbonyl (C=O) groups is 2. The molecule has 1 heterocycles. The Morgan fingerprint density at radius 3 is 2.18 bits per heavy atom. The Balaban J connectivity index is 1.53. The molecule has 0 atom stereocenters. The van der Waals surface area contributed by atoms with E-state index < -0.39 is 0 Å². The van der Waals surface area contributed by atoms with Crippen molar-refractivity contribution < 1.29 is 14.3 Å². The van der Waals surface area contributed by atoms with Gasteiger partial charge in [-0.25, -0.2) is 0 Å². The molecule has 0 bridgehead atoms. The third-order valence-corrected chi connectivity index (χ3v) is 5.34. The van der Waals surface area contributed by atoms with Gasteiger partial charge in [0, 0.05) is 42.6 Å². The third kappa shape index (κ3) is 4.97. The van der Waals surface area contributed by atoms with Crippen molar-refractivity contribution in [2.45, 2.75) is 12.8 Å². The topological polar surface area (TPSA) is 49.9 Å². The first kappa shape index (κ1) is 20.5. The van der Waals surface area contributed by atoms with Gasteiger partial charge in [0.05, 0.1) is 12.7 Å². The predicted octanol–water partition coefficient (Wildman–Crippen LogP) is 3.92. The van der Waals surface area contributed by atoms with E-state index in [1.807, 2.05) is 29.2 Å². The second-order valence-electron chi connectivity index (χ2n) is 6.64. The van der Waals surface area contributed by atoms with Gasteiger partial charge in [-0.2, -0.15) is 0 Å². The molecule has 3 rings (SSSR count). The zero-order valence-electron chi connectivity index (χ0n) is 15.7. The number of hydrogen-bond acceptors (Lipinski definition) is 3. The molecule has 2 aromatic carbocycles. The molecule has 28 heavy (non-hydrogen) atoms. The van der Waals surface area contributed by atoms with Crippen LogP contribution in [-0.2, 0) is 11.2 Å². The SMILES string of the molecule is COc1ccc(Cl)cc1C(=O)N1CCN(C(=O)CCc2ccc(Cl)cc2)CC1. The molecule has 148 valence electrons. The highest BCUT2D eigenvalue weighted by Crippen LogP contribution is 2.24. The highest BCUT2D eigenvalue weighted by atomic mass is 35.5. The number of hydrogen-bond donors (Lipinski definition) is 0. The molecule has 0 N–H and O–H groups in total. The van der Waals surface area contributed by atoms with Gasteiger partial charge in [-0.05, 0) is 42.3 Å². The first-order valence-electron chi connectivity index (χ1n) is 9.13. The van der Waals surface area contributed by atoms with Crippen molar-refractivity contribution in [1.82, 2.24) is 9.80 Å². The molecule has 1 fully saturated rings. The van der Waals surface area contributed by atoms with E-state index in [4.69, 9.17) is 27.9 Å². The van der Waals surface area contributed by atoms with Crippen LogP contribution in [0.1, 0.15) is 22.3 Å². The van der Waals surface area contributed by atoms with Gasteiger partial charge in [0.15, 0.2) is 0 Å². The standard InChI is InChI=1S/C21H22Cl2N2O3/c1-28-19-8-7-17(23)14-18(19)21(27)25-12-10-24(11-13-25)20(26)9-4-15-2-5-16(22)6-3-15/h2-3,5-8,14H,4,9-13H2,1H3. The Labute approximate surface area is 174 Å². The van der Waals surface area contributed by atoms with E-state index >= 15 is 0 Å². The van der Waals surface area contributed by atoms with Gasteiger partial charge < -0.3 is 14.5 Å². The Hall–Kier alpha value is -2.24. The van der Waals surface area contributed by atoms with Gasteiger partial charge >= 0.3 is 0 Å². The van der Waals surface area contributed by atoms with Crippen LogP contribution in [0, 0.1) is 0 Å². The highest BCUT2D eigenvalue weighted by molar-refractivity contribution is 6.31. The summed E-state index contributed by atoms with van der Waals surface area (Å²) < 4.78 is 5.27. The average molecular weight is 421 g/mol. The third-order valence-electron chi connectivity index (χ3n) is 4.85. The zero-order chi connectivity index (χ0) is 20.1. The van der Waals surface area contributed by atoms with E-state index in [0.717, 1.165) is 5.56 Å². The quantitative estimate of drug-likeness (QED) is 0.736. The number of amides is 2. The molecular formula is C21H22Cl2N2O3. The smallest absolute Gasteiger partial charge is 0.257 e. The predicted molar refractivity (Wildman–Crippen MR) is 110 cm³/mol. The summed E-state index contributed by atoms with van der Waals surface area (Å²) in [5, 5.41) is 1.17. The normalized spacial score (nSPS) is 14.1. The maximum atomic E-state index is 12.8.